The van der Waals surface area contributed by atoms with E-state index in [1.165, 1.54) is 12.5 Å². The number of nitrogens with zero attached hydrogens (tertiary/aromatic N) is 2. The molecule has 0 radical (unpaired) electrons. The van der Waals surface area contributed by atoms with Gasteiger partial charge < -0.3 is 20.3 Å². The van der Waals surface area contributed by atoms with Gasteiger partial charge in [0.25, 0.3) is 5.91 Å². The molecular weight excluding hydrogens is 541 g/mol. The first kappa shape index (κ1) is 26.8. The lowest BCUT2D eigenvalue weighted by Crippen LogP contribution is -2.36. The summed E-state index contributed by atoms with van der Waals surface area (Å²) < 4.78 is 29.8. The molecule has 2 aromatic rings. The number of halogens is 3. The second-order valence-corrected chi connectivity index (χ2v) is 7.58. The van der Waals surface area contributed by atoms with Gasteiger partial charge in [0.1, 0.15) is 5.75 Å². The van der Waals surface area contributed by atoms with Crippen LogP contribution in [0.3, 0.4) is 0 Å². The lowest BCUT2D eigenvalue weighted by Gasteiger charge is -2.26. The van der Waals surface area contributed by atoms with E-state index in [0.29, 0.717) is 30.2 Å². The quantitative estimate of drug-likeness (QED) is 0.272. The molecule has 1 aliphatic rings. The molecule has 33 heavy (non-hydrogen) atoms. The highest BCUT2D eigenvalue weighted by molar-refractivity contribution is 14.0. The number of carbonyl (C=O) groups is 1. The first-order chi connectivity index (χ1) is 15.6. The maximum absolute atomic E-state index is 12.6. The van der Waals surface area contributed by atoms with Crippen molar-refractivity contribution in [2.75, 3.05) is 19.6 Å². The fraction of sp³-hybridized carbons (Fsp3) is 0.417. The van der Waals surface area contributed by atoms with E-state index in [1.807, 2.05) is 36.1 Å². The van der Waals surface area contributed by atoms with Gasteiger partial charge in [-0.1, -0.05) is 30.3 Å². The molecule has 0 aromatic heterocycles. The van der Waals surface area contributed by atoms with Crippen LogP contribution in [-0.4, -0.2) is 43.0 Å². The Morgan fingerprint density at radius 3 is 2.42 bits per heavy atom. The second-order valence-electron chi connectivity index (χ2n) is 7.58. The van der Waals surface area contributed by atoms with E-state index in [-0.39, 0.29) is 42.2 Å². The Hall–Kier alpha value is -2.43. The number of ether oxygens (including phenoxy) is 1. The number of amides is 1. The van der Waals surface area contributed by atoms with Gasteiger partial charge in [-0.15, -0.1) is 24.0 Å². The van der Waals surface area contributed by atoms with E-state index in [4.69, 9.17) is 0 Å². The van der Waals surface area contributed by atoms with Crippen LogP contribution in [0.15, 0.2) is 53.5 Å². The molecule has 1 aliphatic heterocycles. The first-order valence-electron chi connectivity index (χ1n) is 11.0. The average Bonchev–Trinajstić information content (AvgIpc) is 2.82. The lowest BCUT2D eigenvalue weighted by molar-refractivity contribution is -0.0504. The van der Waals surface area contributed by atoms with Gasteiger partial charge in [-0.25, -0.2) is 4.99 Å². The molecule has 9 heteroatoms. The van der Waals surface area contributed by atoms with E-state index in [0.717, 1.165) is 31.5 Å². The minimum Gasteiger partial charge on any atom is -0.434 e. The topological polar surface area (TPSA) is 66.0 Å². The van der Waals surface area contributed by atoms with Crippen molar-refractivity contribution in [3.8, 4) is 5.75 Å². The minimum atomic E-state index is -2.87. The number of aliphatic imine (C=N–C) groups is 1. The number of para-hydroxylation sites is 1. The van der Waals surface area contributed by atoms with Crippen LogP contribution in [-0.2, 0) is 13.1 Å². The number of hydrogen-bond acceptors (Lipinski definition) is 3. The zero-order valence-corrected chi connectivity index (χ0v) is 21.1. The average molecular weight is 572 g/mol. The Morgan fingerprint density at radius 2 is 1.76 bits per heavy atom. The van der Waals surface area contributed by atoms with Crippen molar-refractivity contribution in [1.29, 1.82) is 0 Å². The smallest absolute Gasteiger partial charge is 0.387 e. The van der Waals surface area contributed by atoms with Gasteiger partial charge in [-0.05, 0) is 49.9 Å². The van der Waals surface area contributed by atoms with Crippen LogP contribution in [0.5, 0.6) is 5.75 Å². The molecule has 1 fully saturated rings. The number of piperidine rings is 1. The molecule has 180 valence electrons. The molecule has 1 heterocycles. The molecule has 6 nitrogen and oxygen atoms in total. The van der Waals surface area contributed by atoms with Crippen molar-refractivity contribution < 1.29 is 18.3 Å². The third-order valence-electron chi connectivity index (χ3n) is 5.24. The Morgan fingerprint density at radius 1 is 1.06 bits per heavy atom. The Balaban J connectivity index is 0.00000385. The Kier molecular flexibility index (Phi) is 11.4. The van der Waals surface area contributed by atoms with Gasteiger partial charge >= 0.3 is 6.61 Å². The molecule has 0 unspecified atom stereocenters. The van der Waals surface area contributed by atoms with Crippen LogP contribution in [0.2, 0.25) is 0 Å². The number of rotatable bonds is 8. The van der Waals surface area contributed by atoms with E-state index < -0.39 is 6.61 Å². The summed E-state index contributed by atoms with van der Waals surface area (Å²) in [5.41, 5.74) is 2.28. The van der Waals surface area contributed by atoms with Gasteiger partial charge in [-0.2, -0.15) is 8.78 Å². The van der Waals surface area contributed by atoms with Crippen LogP contribution in [0.25, 0.3) is 0 Å². The number of carbonyl (C=O) groups excluding carboxylic acids is 1. The summed E-state index contributed by atoms with van der Waals surface area (Å²) in [7, 11) is 0. The van der Waals surface area contributed by atoms with E-state index >= 15 is 0 Å². The normalized spacial score (nSPS) is 13.9. The maximum atomic E-state index is 12.6. The summed E-state index contributed by atoms with van der Waals surface area (Å²) >= 11 is 0. The van der Waals surface area contributed by atoms with Crippen LogP contribution >= 0.6 is 24.0 Å². The molecule has 2 N–H and O–H groups in total. The minimum absolute atomic E-state index is 0. The standard InChI is InChI=1S/C24H30F2N4O2.HI/c1-2-27-24(29-17-20-8-4-5-9-21(20)32-23(25)26)28-16-18-10-12-19(13-11-18)22(31)30-14-6-3-7-15-30;/h4-5,8-13,23H,2-3,6-7,14-17H2,1H3,(H2,27,28,29);1H. The van der Waals surface area contributed by atoms with Gasteiger partial charge in [0.2, 0.25) is 0 Å². The third-order valence-corrected chi connectivity index (χ3v) is 5.24. The van der Waals surface area contributed by atoms with Crippen molar-refractivity contribution >= 4 is 35.8 Å². The van der Waals surface area contributed by atoms with E-state index in [2.05, 4.69) is 20.4 Å². The zero-order valence-electron chi connectivity index (χ0n) is 18.7. The number of likely N-dealkylation sites (tertiary alicyclic amines) is 1. The molecule has 1 saturated heterocycles. The fourth-order valence-corrected chi connectivity index (χ4v) is 3.58. The van der Waals surface area contributed by atoms with Crippen molar-refractivity contribution in [1.82, 2.24) is 15.5 Å². The number of alkyl halides is 2. The largest absolute Gasteiger partial charge is 0.434 e. The van der Waals surface area contributed by atoms with Crippen molar-refractivity contribution in [2.45, 2.75) is 45.9 Å². The molecule has 0 spiro atoms. The van der Waals surface area contributed by atoms with Crippen LogP contribution in [0.1, 0.15) is 47.7 Å². The van der Waals surface area contributed by atoms with Gasteiger partial charge in [0.15, 0.2) is 5.96 Å². The van der Waals surface area contributed by atoms with Crippen LogP contribution < -0.4 is 15.4 Å². The molecule has 1 amide bonds. The van der Waals surface area contributed by atoms with Crippen LogP contribution in [0.4, 0.5) is 8.78 Å². The summed E-state index contributed by atoms with van der Waals surface area (Å²) in [5.74, 6) is 0.784. The highest BCUT2D eigenvalue weighted by atomic mass is 127. The molecule has 3 rings (SSSR count). The summed E-state index contributed by atoms with van der Waals surface area (Å²) in [5, 5.41) is 6.29. The van der Waals surface area contributed by atoms with Gasteiger partial charge in [0, 0.05) is 37.3 Å². The molecular formula is C24H31F2IN4O2. The highest BCUT2D eigenvalue weighted by Crippen LogP contribution is 2.20. The van der Waals surface area contributed by atoms with Gasteiger partial charge in [0.05, 0.1) is 6.54 Å². The zero-order chi connectivity index (χ0) is 22.8. The number of benzene rings is 2. The van der Waals surface area contributed by atoms with E-state index in [9.17, 15) is 13.6 Å². The first-order valence-corrected chi connectivity index (χ1v) is 11.0. The maximum Gasteiger partial charge on any atom is 0.387 e. The number of nitrogens with one attached hydrogen (secondary N) is 2. The predicted molar refractivity (Wildman–Crippen MR) is 136 cm³/mol. The monoisotopic (exact) mass is 572 g/mol. The third kappa shape index (κ3) is 8.45. The summed E-state index contributed by atoms with van der Waals surface area (Å²) in [6.45, 7) is 2.10. The molecule has 0 aliphatic carbocycles. The van der Waals surface area contributed by atoms with Crippen LogP contribution in [0, 0.1) is 0 Å². The molecule has 2 aromatic carbocycles. The Labute approximate surface area is 210 Å². The van der Waals surface area contributed by atoms with Crippen molar-refractivity contribution in [3.63, 3.8) is 0 Å². The fourth-order valence-electron chi connectivity index (χ4n) is 3.58. The van der Waals surface area contributed by atoms with E-state index in [1.54, 1.807) is 18.2 Å². The molecule has 0 bridgehead atoms. The lowest BCUT2D eigenvalue weighted by atomic mass is 10.1. The highest BCUT2D eigenvalue weighted by Gasteiger charge is 2.17. The SMILES string of the molecule is CCNC(=NCc1ccc(C(=O)N2CCCCC2)cc1)NCc1ccccc1OC(F)F.I. The summed E-state index contributed by atoms with van der Waals surface area (Å²) in [6.07, 6.45) is 3.32. The number of hydrogen-bond donors (Lipinski definition) is 2. The molecule has 0 saturated carbocycles. The van der Waals surface area contributed by atoms with Gasteiger partial charge in [-0.3, -0.25) is 4.79 Å². The number of guanidine groups is 1. The second kappa shape index (κ2) is 14.0. The summed E-state index contributed by atoms with van der Waals surface area (Å²) in [6, 6.07) is 14.2. The van der Waals surface area contributed by atoms with Crippen molar-refractivity contribution in [2.24, 2.45) is 4.99 Å². The Bertz CT molecular complexity index is 904. The molecule has 0 atom stereocenters. The predicted octanol–water partition coefficient (Wildman–Crippen LogP) is 4.79. The van der Waals surface area contributed by atoms with Crippen molar-refractivity contribution in [3.05, 3.63) is 65.2 Å². The summed E-state index contributed by atoms with van der Waals surface area (Å²) in [4.78, 5) is 19.1.